The Morgan fingerprint density at radius 2 is 1.96 bits per heavy atom. The van der Waals surface area contributed by atoms with Crippen molar-refractivity contribution in [2.24, 2.45) is 0 Å². The van der Waals surface area contributed by atoms with Gasteiger partial charge in [0.2, 0.25) is 0 Å². The standard InChI is InChI=1S/C19H20N2O3/c1-3-7-15-16(4-2)20-21-19(15)18(24)11-10-17(23)14-9-6-5-8-13(14)12-22/h3-9,22H,2,10-12H2,1H3,(H,20,21)/b7-3-. The Kier molecular flexibility index (Phi) is 5.98. The van der Waals surface area contributed by atoms with Crippen LogP contribution in [0.1, 0.15) is 57.4 Å². The smallest absolute Gasteiger partial charge is 0.184 e. The van der Waals surface area contributed by atoms with Crippen molar-refractivity contribution >= 4 is 23.7 Å². The van der Waals surface area contributed by atoms with E-state index in [2.05, 4.69) is 16.8 Å². The molecule has 0 aliphatic heterocycles. The number of nitrogens with zero attached hydrogens (tertiary/aromatic N) is 1. The number of carbonyl (C=O) groups excluding carboxylic acids is 2. The molecular weight excluding hydrogens is 304 g/mol. The van der Waals surface area contributed by atoms with Gasteiger partial charge in [0.1, 0.15) is 5.69 Å². The molecule has 0 bridgehead atoms. The number of hydrogen-bond donors (Lipinski definition) is 2. The Morgan fingerprint density at radius 1 is 1.25 bits per heavy atom. The van der Waals surface area contributed by atoms with Crippen LogP contribution in [0.3, 0.4) is 0 Å². The SMILES string of the molecule is C=Cc1[nH]nc(C(=O)CCC(=O)c2ccccc2CO)c1/C=C\C. The zero-order valence-corrected chi connectivity index (χ0v) is 13.6. The molecule has 5 nitrogen and oxygen atoms in total. The molecule has 2 N–H and O–H groups in total. The second kappa shape index (κ2) is 8.17. The highest BCUT2D eigenvalue weighted by Crippen LogP contribution is 2.18. The normalized spacial score (nSPS) is 10.9. The van der Waals surface area contributed by atoms with E-state index in [1.807, 2.05) is 13.0 Å². The molecule has 0 radical (unpaired) electrons. The molecule has 0 aliphatic carbocycles. The van der Waals surface area contributed by atoms with Crippen LogP contribution in [0.2, 0.25) is 0 Å². The fourth-order valence-electron chi connectivity index (χ4n) is 2.48. The van der Waals surface area contributed by atoms with Gasteiger partial charge in [-0.25, -0.2) is 0 Å². The molecule has 2 rings (SSSR count). The van der Waals surface area contributed by atoms with Crippen molar-refractivity contribution in [1.29, 1.82) is 0 Å². The first-order valence-electron chi connectivity index (χ1n) is 7.71. The van der Waals surface area contributed by atoms with E-state index in [4.69, 9.17) is 0 Å². The molecular formula is C19H20N2O3. The van der Waals surface area contributed by atoms with Gasteiger partial charge in [0.15, 0.2) is 11.6 Å². The second-order valence-corrected chi connectivity index (χ2v) is 5.27. The van der Waals surface area contributed by atoms with Crippen molar-refractivity contribution in [2.45, 2.75) is 26.4 Å². The summed E-state index contributed by atoms with van der Waals surface area (Å²) in [5.74, 6) is -0.373. The number of aromatic amines is 1. The first kappa shape index (κ1) is 17.6. The zero-order chi connectivity index (χ0) is 17.5. The van der Waals surface area contributed by atoms with E-state index < -0.39 is 0 Å². The quantitative estimate of drug-likeness (QED) is 0.729. The molecule has 0 aliphatic rings. The summed E-state index contributed by atoms with van der Waals surface area (Å²) >= 11 is 0. The van der Waals surface area contributed by atoms with Crippen LogP contribution in [0.15, 0.2) is 36.9 Å². The number of hydrogen-bond acceptors (Lipinski definition) is 4. The average molecular weight is 324 g/mol. The number of benzene rings is 1. The van der Waals surface area contributed by atoms with Crippen LogP contribution in [-0.2, 0) is 6.61 Å². The van der Waals surface area contributed by atoms with Crippen LogP contribution >= 0.6 is 0 Å². The summed E-state index contributed by atoms with van der Waals surface area (Å²) in [6.07, 6.45) is 5.33. The average Bonchev–Trinajstić information content (AvgIpc) is 3.02. The van der Waals surface area contributed by atoms with Crippen LogP contribution in [0, 0.1) is 0 Å². The van der Waals surface area contributed by atoms with Gasteiger partial charge in [-0.3, -0.25) is 14.7 Å². The van der Waals surface area contributed by atoms with Gasteiger partial charge in [-0.2, -0.15) is 5.10 Å². The van der Waals surface area contributed by atoms with Crippen molar-refractivity contribution in [3.05, 3.63) is 65.0 Å². The van der Waals surface area contributed by atoms with Crippen LogP contribution in [0.4, 0.5) is 0 Å². The molecule has 1 heterocycles. The molecule has 0 amide bonds. The molecule has 0 saturated carbocycles. The van der Waals surface area contributed by atoms with Crippen LogP contribution in [-0.4, -0.2) is 26.9 Å². The summed E-state index contributed by atoms with van der Waals surface area (Å²) in [6.45, 7) is 5.33. The topological polar surface area (TPSA) is 83.0 Å². The van der Waals surface area contributed by atoms with Crippen LogP contribution < -0.4 is 0 Å². The van der Waals surface area contributed by atoms with E-state index in [1.165, 1.54) is 0 Å². The Labute approximate surface area is 140 Å². The van der Waals surface area contributed by atoms with Gasteiger partial charge in [0.05, 0.1) is 12.3 Å². The van der Waals surface area contributed by atoms with E-state index in [0.29, 0.717) is 28.1 Å². The molecule has 124 valence electrons. The predicted molar refractivity (Wildman–Crippen MR) is 93.6 cm³/mol. The largest absolute Gasteiger partial charge is 0.392 e. The van der Waals surface area contributed by atoms with Gasteiger partial charge in [-0.15, -0.1) is 0 Å². The van der Waals surface area contributed by atoms with Crippen molar-refractivity contribution in [1.82, 2.24) is 10.2 Å². The minimum atomic E-state index is -0.206. The van der Waals surface area contributed by atoms with E-state index in [1.54, 1.807) is 36.4 Å². The summed E-state index contributed by atoms with van der Waals surface area (Å²) in [6, 6.07) is 6.86. The lowest BCUT2D eigenvalue weighted by Crippen LogP contribution is -2.08. The molecule has 0 spiro atoms. The highest BCUT2D eigenvalue weighted by Gasteiger charge is 2.18. The van der Waals surface area contributed by atoms with Crippen molar-refractivity contribution < 1.29 is 14.7 Å². The minimum Gasteiger partial charge on any atom is -0.392 e. The first-order chi connectivity index (χ1) is 11.6. The maximum absolute atomic E-state index is 12.4. The van der Waals surface area contributed by atoms with Gasteiger partial charge in [0, 0.05) is 24.0 Å². The number of H-pyrrole nitrogens is 1. The van der Waals surface area contributed by atoms with Gasteiger partial charge in [0.25, 0.3) is 0 Å². The minimum absolute atomic E-state index is 0.0601. The number of Topliss-reactive ketones (excluding diaryl/α,β-unsaturated/α-hetero) is 2. The molecule has 0 unspecified atom stereocenters. The molecule has 1 aromatic heterocycles. The van der Waals surface area contributed by atoms with Crippen molar-refractivity contribution in [3.63, 3.8) is 0 Å². The van der Waals surface area contributed by atoms with E-state index in [0.717, 1.165) is 0 Å². The highest BCUT2D eigenvalue weighted by molar-refractivity contribution is 6.03. The number of aromatic nitrogens is 2. The molecule has 5 heteroatoms. The van der Waals surface area contributed by atoms with Gasteiger partial charge >= 0.3 is 0 Å². The maximum atomic E-state index is 12.4. The Bertz CT molecular complexity index is 788. The lowest BCUT2D eigenvalue weighted by Gasteiger charge is -2.05. The van der Waals surface area contributed by atoms with E-state index in [-0.39, 0.29) is 31.0 Å². The molecule has 0 saturated heterocycles. The van der Waals surface area contributed by atoms with Gasteiger partial charge in [-0.1, -0.05) is 43.0 Å². The predicted octanol–water partition coefficient (Wildman–Crippen LogP) is 3.42. The third kappa shape index (κ3) is 3.75. The second-order valence-electron chi connectivity index (χ2n) is 5.27. The fraction of sp³-hybridized carbons (Fsp3) is 0.211. The maximum Gasteiger partial charge on any atom is 0.184 e. The lowest BCUT2D eigenvalue weighted by atomic mass is 9.98. The Hall–Kier alpha value is -2.79. The number of ketones is 2. The number of aliphatic hydroxyl groups excluding tert-OH is 1. The summed E-state index contributed by atoms with van der Waals surface area (Å²) < 4.78 is 0. The number of allylic oxidation sites excluding steroid dienone is 1. The third-order valence-corrected chi connectivity index (χ3v) is 3.70. The Balaban J connectivity index is 2.12. The fourth-order valence-corrected chi connectivity index (χ4v) is 2.48. The molecule has 2 aromatic rings. The van der Waals surface area contributed by atoms with Crippen molar-refractivity contribution in [2.75, 3.05) is 0 Å². The number of rotatable bonds is 8. The highest BCUT2D eigenvalue weighted by atomic mass is 16.3. The summed E-state index contributed by atoms with van der Waals surface area (Å²) in [5, 5.41) is 16.1. The molecule has 0 atom stereocenters. The first-order valence-corrected chi connectivity index (χ1v) is 7.71. The summed E-state index contributed by atoms with van der Waals surface area (Å²) in [5.41, 5.74) is 2.69. The van der Waals surface area contributed by atoms with E-state index in [9.17, 15) is 14.7 Å². The van der Waals surface area contributed by atoms with E-state index >= 15 is 0 Å². The Morgan fingerprint density at radius 3 is 2.62 bits per heavy atom. The summed E-state index contributed by atoms with van der Waals surface area (Å²) in [4.78, 5) is 24.7. The van der Waals surface area contributed by atoms with Crippen LogP contribution in [0.5, 0.6) is 0 Å². The summed E-state index contributed by atoms with van der Waals surface area (Å²) in [7, 11) is 0. The van der Waals surface area contributed by atoms with Crippen LogP contribution in [0.25, 0.3) is 12.2 Å². The lowest BCUT2D eigenvalue weighted by molar-refractivity contribution is 0.0913. The van der Waals surface area contributed by atoms with Gasteiger partial charge in [-0.05, 0) is 18.6 Å². The number of carbonyl (C=O) groups is 2. The molecule has 1 aromatic carbocycles. The number of nitrogens with one attached hydrogen (secondary N) is 1. The molecule has 24 heavy (non-hydrogen) atoms. The number of aliphatic hydroxyl groups is 1. The van der Waals surface area contributed by atoms with Crippen molar-refractivity contribution in [3.8, 4) is 0 Å². The molecule has 0 fully saturated rings. The zero-order valence-electron chi connectivity index (χ0n) is 13.6. The van der Waals surface area contributed by atoms with Gasteiger partial charge < -0.3 is 5.11 Å². The third-order valence-electron chi connectivity index (χ3n) is 3.70. The monoisotopic (exact) mass is 324 g/mol.